The van der Waals surface area contributed by atoms with Gasteiger partial charge in [0.15, 0.2) is 0 Å². The highest BCUT2D eigenvalue weighted by atomic mass is 32.2. The largest absolute Gasteiger partial charge is 0.494 e. The van der Waals surface area contributed by atoms with Crippen LogP contribution in [0.5, 0.6) is 0 Å². The van der Waals surface area contributed by atoms with Crippen LogP contribution < -0.4 is 4.49 Å². The van der Waals surface area contributed by atoms with Gasteiger partial charge in [-0.15, -0.1) is 12.9 Å². The third-order valence-electron chi connectivity index (χ3n) is 0.453. The van der Waals surface area contributed by atoms with Crippen LogP contribution in [0.15, 0.2) is 12.0 Å². The Morgan fingerprint density at radius 1 is 1.50 bits per heavy atom. The van der Waals surface area contributed by atoms with E-state index in [-0.39, 0.29) is 5.41 Å². The van der Waals surface area contributed by atoms with E-state index < -0.39 is 17.9 Å². The Kier molecular flexibility index (Phi) is 2.70. The average molecular weight is 191 g/mol. The molecule has 0 heterocycles. The minimum absolute atomic E-state index is 0.249. The van der Waals surface area contributed by atoms with Gasteiger partial charge in [0.05, 0.1) is 0 Å². The fraction of sp³-hybridized carbons (Fsp3) is 0. The highest BCUT2D eigenvalue weighted by Gasteiger charge is 2.24. The van der Waals surface area contributed by atoms with Crippen molar-refractivity contribution in [1.29, 1.82) is 0 Å². The number of rotatable bonds is 3. The Morgan fingerprint density at radius 3 is 2.00 bits per heavy atom. The van der Waals surface area contributed by atoms with Crippen LogP contribution in [-0.2, 0) is 14.6 Å². The molecule has 0 aliphatic rings. The fourth-order valence-corrected chi connectivity index (χ4v) is 1.67. The molecule has 0 aromatic rings. The maximum Gasteiger partial charge on any atom is 0.494 e. The Hall–Kier alpha value is -0.260. The lowest BCUT2D eigenvalue weighted by atomic mass is 11.3. The van der Waals surface area contributed by atoms with Crippen molar-refractivity contribution in [3.05, 3.63) is 12.0 Å². The summed E-state index contributed by atoms with van der Waals surface area (Å²) in [6.45, 7) is 2.71. The second-order valence-electron chi connectivity index (χ2n) is 1.27. The van der Waals surface area contributed by atoms with Gasteiger partial charge in [0.25, 0.3) is 0 Å². The molecule has 0 spiro atoms. The molecule has 0 amide bonds. The van der Waals surface area contributed by atoms with Crippen molar-refractivity contribution >= 4 is 17.9 Å². The molecule has 0 aliphatic heterocycles. The Bertz CT molecular complexity index is 266. The Morgan fingerprint density at radius 2 is 1.90 bits per heavy atom. The Labute approximate surface area is 56.6 Å². The maximum atomic E-state index is 11.4. The summed E-state index contributed by atoms with van der Waals surface area (Å²) in [6.07, 6.45) is 0. The number of hydrogen-bond acceptors (Lipinski definition) is 3. The summed E-state index contributed by atoms with van der Waals surface area (Å²) < 4.78 is 53.3. The van der Waals surface area contributed by atoms with Crippen molar-refractivity contribution in [2.24, 2.45) is 0 Å². The van der Waals surface area contributed by atoms with Crippen LogP contribution in [-0.4, -0.2) is 8.42 Å². The van der Waals surface area contributed by atoms with Gasteiger partial charge in [-0.3, -0.25) is 0 Å². The van der Waals surface area contributed by atoms with Gasteiger partial charge in [-0.25, -0.2) is 13.0 Å². The molecule has 10 heavy (non-hydrogen) atoms. The summed E-state index contributed by atoms with van der Waals surface area (Å²) in [6, 6.07) is 0. The van der Waals surface area contributed by atoms with Gasteiger partial charge in [0.1, 0.15) is 0 Å². The average Bonchev–Trinajstić information content (AvgIpc) is 1.60. The van der Waals surface area contributed by atoms with Gasteiger partial charge in [0, 0.05) is 5.41 Å². The first-order chi connectivity index (χ1) is 4.27. The summed E-state index contributed by atoms with van der Waals surface area (Å²) in [5.41, 5.74) is 0. The summed E-state index contributed by atoms with van der Waals surface area (Å²) in [5.74, 6) is 0. The van der Waals surface area contributed by atoms with Gasteiger partial charge in [0.2, 0.25) is 10.0 Å². The summed E-state index contributed by atoms with van der Waals surface area (Å²) in [4.78, 5) is 0. The van der Waals surface area contributed by atoms with Crippen LogP contribution >= 0.6 is 7.91 Å². The van der Waals surface area contributed by atoms with Crippen LogP contribution in [0.2, 0.25) is 0 Å². The van der Waals surface area contributed by atoms with Gasteiger partial charge >= 0.3 is 7.91 Å². The van der Waals surface area contributed by atoms with Gasteiger partial charge in [-0.05, 0) is 0 Å². The monoisotopic (exact) mass is 191 g/mol. The molecule has 0 fully saturated rings. The summed E-state index contributed by atoms with van der Waals surface area (Å²) >= 11 is 0. The second-order valence-corrected chi connectivity index (χ2v) is 4.34. The third kappa shape index (κ3) is 4.60. The predicted octanol–water partition coefficient (Wildman–Crippen LogP) is 1.10. The molecular weight excluding hydrogens is 187 g/mol. The minimum atomic E-state index is -5.71. The highest BCUT2D eigenvalue weighted by Crippen LogP contribution is 2.44. The normalized spacial score (nSPS) is 13.0. The van der Waals surface area contributed by atoms with Crippen LogP contribution in [0.1, 0.15) is 0 Å². The molecule has 0 saturated heterocycles. The van der Waals surface area contributed by atoms with E-state index >= 15 is 0 Å². The van der Waals surface area contributed by atoms with Gasteiger partial charge in [-0.1, -0.05) is 6.58 Å². The number of nitrogens with one attached hydrogen (secondary N) is 1. The van der Waals surface area contributed by atoms with Crippen molar-refractivity contribution in [3.8, 4) is 0 Å². The van der Waals surface area contributed by atoms with Crippen molar-refractivity contribution in [3.63, 3.8) is 0 Å². The second kappa shape index (κ2) is 2.77. The van der Waals surface area contributed by atoms with E-state index in [4.69, 9.17) is 0 Å². The molecule has 0 aromatic heterocycles. The first kappa shape index (κ1) is 9.74. The zero-order valence-corrected chi connectivity index (χ0v) is 6.33. The molecule has 60 valence electrons. The number of sulfonamides is 1. The fourth-order valence-electron chi connectivity index (χ4n) is 0.185. The quantitative estimate of drug-likeness (QED) is 0.679. The molecule has 4 nitrogen and oxygen atoms in total. The topological polar surface area (TPSA) is 63.2 Å². The first-order valence-corrected chi connectivity index (χ1v) is 4.96. The third-order valence-corrected chi connectivity index (χ3v) is 2.76. The number of halogens is 2. The van der Waals surface area contributed by atoms with Crippen molar-refractivity contribution < 1.29 is 21.4 Å². The molecule has 0 rings (SSSR count). The first-order valence-electron chi connectivity index (χ1n) is 1.93. The molecule has 0 aromatic carbocycles. The predicted molar refractivity (Wildman–Crippen MR) is 32.1 cm³/mol. The van der Waals surface area contributed by atoms with Gasteiger partial charge < -0.3 is 0 Å². The molecular formula is C2H4F2NO3PS. The maximum absolute atomic E-state index is 11.4. The van der Waals surface area contributed by atoms with Crippen LogP contribution in [0.4, 0.5) is 8.39 Å². The highest BCUT2D eigenvalue weighted by molar-refractivity contribution is 7.97. The zero-order valence-electron chi connectivity index (χ0n) is 4.62. The lowest BCUT2D eigenvalue weighted by Crippen LogP contribution is -2.13. The van der Waals surface area contributed by atoms with Crippen molar-refractivity contribution in [2.45, 2.75) is 0 Å². The van der Waals surface area contributed by atoms with E-state index in [9.17, 15) is 21.4 Å². The SMILES string of the molecule is C=CS(=O)(=O)NP(=O)(F)F. The molecule has 0 bridgehead atoms. The van der Waals surface area contributed by atoms with E-state index in [1.54, 1.807) is 0 Å². The molecule has 0 aliphatic carbocycles. The van der Waals surface area contributed by atoms with Crippen LogP contribution in [0.3, 0.4) is 0 Å². The van der Waals surface area contributed by atoms with E-state index in [1.165, 1.54) is 0 Å². The van der Waals surface area contributed by atoms with E-state index in [1.807, 2.05) is 0 Å². The van der Waals surface area contributed by atoms with Crippen molar-refractivity contribution in [1.82, 2.24) is 4.49 Å². The van der Waals surface area contributed by atoms with E-state index in [0.29, 0.717) is 4.49 Å². The molecule has 0 atom stereocenters. The molecule has 0 radical (unpaired) electrons. The van der Waals surface area contributed by atoms with Crippen molar-refractivity contribution in [2.75, 3.05) is 0 Å². The molecule has 8 heteroatoms. The molecule has 0 unspecified atom stereocenters. The standard InChI is InChI=1S/C2H4F2NO3PS/c1-2-10(7,8)5-9(3,4)6/h2H,1H2,(H,5,6). The van der Waals surface area contributed by atoms with Gasteiger partial charge in [-0.2, -0.15) is 0 Å². The summed E-state index contributed by atoms with van der Waals surface area (Å²) in [7, 11) is -9.99. The molecule has 0 saturated carbocycles. The summed E-state index contributed by atoms with van der Waals surface area (Å²) in [5, 5.41) is 0.249. The van der Waals surface area contributed by atoms with Crippen LogP contribution in [0.25, 0.3) is 0 Å². The van der Waals surface area contributed by atoms with E-state index in [0.717, 1.165) is 0 Å². The Balaban J connectivity index is 4.48. The number of hydrogen-bond donors (Lipinski definition) is 1. The molecule has 1 N–H and O–H groups in total. The van der Waals surface area contributed by atoms with E-state index in [2.05, 4.69) is 6.58 Å². The lowest BCUT2D eigenvalue weighted by molar-refractivity contribution is 0.488. The zero-order chi connectivity index (χ0) is 8.41. The minimum Gasteiger partial charge on any atom is -0.231 e. The van der Waals surface area contributed by atoms with Crippen LogP contribution in [0, 0.1) is 0 Å². The smallest absolute Gasteiger partial charge is 0.231 e. The lowest BCUT2D eigenvalue weighted by Gasteiger charge is -1.97.